The molecule has 3 rings (SSSR count). The lowest BCUT2D eigenvalue weighted by molar-refractivity contribution is -0.141. The minimum absolute atomic E-state index is 0.00263. The molecular weight excluding hydrogens is 442 g/mol. The normalized spacial score (nSPS) is 13.6. The summed E-state index contributed by atoms with van der Waals surface area (Å²) in [4.78, 5) is 58.5. The molecule has 12 heteroatoms. The van der Waals surface area contributed by atoms with Gasteiger partial charge in [0.2, 0.25) is 17.7 Å². The number of imidazole rings is 1. The zero-order valence-corrected chi connectivity index (χ0v) is 18.5. The van der Waals surface area contributed by atoms with Crippen molar-refractivity contribution in [2.45, 2.75) is 37.9 Å². The van der Waals surface area contributed by atoms with Gasteiger partial charge in [-0.3, -0.25) is 14.4 Å². The number of nitrogens with one attached hydrogen (secondary N) is 5. The molecule has 3 aromatic rings. The third-order valence-electron chi connectivity index (χ3n) is 5.18. The average molecular weight is 470 g/mol. The summed E-state index contributed by atoms with van der Waals surface area (Å²) in [7, 11) is 0. The van der Waals surface area contributed by atoms with E-state index < -0.39 is 48.4 Å². The monoisotopic (exact) mass is 469 g/mol. The van der Waals surface area contributed by atoms with Crippen molar-refractivity contribution >= 4 is 34.6 Å². The van der Waals surface area contributed by atoms with Gasteiger partial charge in [0.05, 0.1) is 18.9 Å². The fourth-order valence-corrected chi connectivity index (χ4v) is 3.39. The first-order valence-corrected chi connectivity index (χ1v) is 10.6. The summed E-state index contributed by atoms with van der Waals surface area (Å²) in [6.07, 6.45) is 4.78. The highest BCUT2D eigenvalue weighted by Crippen LogP contribution is 2.19. The summed E-state index contributed by atoms with van der Waals surface area (Å²) in [5, 5.41) is 17.7. The zero-order valence-electron chi connectivity index (χ0n) is 18.5. The molecule has 12 nitrogen and oxygen atoms in total. The largest absolute Gasteiger partial charge is 0.480 e. The second kappa shape index (κ2) is 11.1. The number of aromatic amines is 2. The van der Waals surface area contributed by atoms with Crippen molar-refractivity contribution in [3.63, 3.8) is 0 Å². The van der Waals surface area contributed by atoms with Gasteiger partial charge in [-0.1, -0.05) is 18.2 Å². The zero-order chi connectivity index (χ0) is 24.7. The van der Waals surface area contributed by atoms with Gasteiger partial charge in [0, 0.05) is 41.8 Å². The topological polar surface area (TPSA) is 195 Å². The molecule has 0 saturated carbocycles. The van der Waals surface area contributed by atoms with Crippen LogP contribution in [0, 0.1) is 0 Å². The van der Waals surface area contributed by atoms with Crippen LogP contribution in [0.2, 0.25) is 0 Å². The van der Waals surface area contributed by atoms with Crippen LogP contribution < -0.4 is 21.7 Å². The molecule has 0 bridgehead atoms. The average Bonchev–Trinajstić information content (AvgIpc) is 3.46. The molecular formula is C22H27N7O5. The minimum Gasteiger partial charge on any atom is -0.480 e. The van der Waals surface area contributed by atoms with Gasteiger partial charge in [-0.15, -0.1) is 0 Å². The lowest BCUT2D eigenvalue weighted by Gasteiger charge is -2.20. The number of carboxylic acids is 1. The molecule has 34 heavy (non-hydrogen) atoms. The SMILES string of the molecule is CC(N)C(=O)NC(Cc1c[nH]c2ccccc12)C(=O)NCC(=O)NC(Cc1cnc[nH]1)C(=O)O. The second-order valence-electron chi connectivity index (χ2n) is 7.87. The van der Waals surface area contributed by atoms with Crippen molar-refractivity contribution < 1.29 is 24.3 Å². The van der Waals surface area contributed by atoms with E-state index in [0.717, 1.165) is 16.5 Å². The van der Waals surface area contributed by atoms with Gasteiger partial charge < -0.3 is 36.8 Å². The molecule has 3 unspecified atom stereocenters. The summed E-state index contributed by atoms with van der Waals surface area (Å²) in [5.41, 5.74) is 7.85. The molecule has 2 heterocycles. The van der Waals surface area contributed by atoms with E-state index in [0.29, 0.717) is 5.69 Å². The predicted octanol–water partition coefficient (Wildman–Crippen LogP) is -0.806. The number of carbonyl (C=O) groups is 4. The van der Waals surface area contributed by atoms with Gasteiger partial charge in [0.1, 0.15) is 12.1 Å². The maximum atomic E-state index is 12.9. The fraction of sp³-hybridized carbons (Fsp3) is 0.318. The van der Waals surface area contributed by atoms with E-state index in [1.54, 1.807) is 6.20 Å². The van der Waals surface area contributed by atoms with Crippen molar-refractivity contribution in [1.29, 1.82) is 0 Å². The van der Waals surface area contributed by atoms with Crippen molar-refractivity contribution in [2.75, 3.05) is 6.54 Å². The van der Waals surface area contributed by atoms with E-state index in [-0.39, 0.29) is 12.8 Å². The summed E-state index contributed by atoms with van der Waals surface area (Å²) >= 11 is 0. The fourth-order valence-electron chi connectivity index (χ4n) is 3.39. The summed E-state index contributed by atoms with van der Waals surface area (Å²) < 4.78 is 0. The number of benzene rings is 1. The Hall–Kier alpha value is -4.19. The van der Waals surface area contributed by atoms with Crippen molar-refractivity contribution in [3.8, 4) is 0 Å². The maximum absolute atomic E-state index is 12.9. The maximum Gasteiger partial charge on any atom is 0.326 e. The van der Waals surface area contributed by atoms with Crippen molar-refractivity contribution in [3.05, 3.63) is 54.2 Å². The first kappa shape index (κ1) is 24.5. The van der Waals surface area contributed by atoms with Gasteiger partial charge in [-0.2, -0.15) is 0 Å². The standard InChI is InChI=1S/C22H27N7O5/c1-12(23)20(31)29-17(6-13-8-25-16-5-3-2-4-15(13)16)21(32)26-10-19(30)28-18(22(33)34)7-14-9-24-11-27-14/h2-5,8-9,11-12,17-18,25H,6-7,10,23H2,1H3,(H,24,27)(H,26,32)(H,28,30)(H,29,31)(H,33,34). The van der Waals surface area contributed by atoms with E-state index in [9.17, 15) is 24.3 Å². The number of H-pyrrole nitrogens is 2. The Morgan fingerprint density at radius 3 is 2.50 bits per heavy atom. The van der Waals surface area contributed by atoms with Crippen LogP contribution in [0.4, 0.5) is 0 Å². The van der Waals surface area contributed by atoms with Gasteiger partial charge in [-0.05, 0) is 18.6 Å². The number of aromatic nitrogens is 3. The van der Waals surface area contributed by atoms with Crippen LogP contribution in [-0.2, 0) is 32.0 Å². The first-order valence-electron chi connectivity index (χ1n) is 10.6. The third-order valence-corrected chi connectivity index (χ3v) is 5.18. The van der Waals surface area contributed by atoms with Crippen LogP contribution in [-0.4, -0.2) is 68.4 Å². The van der Waals surface area contributed by atoms with Crippen molar-refractivity contribution in [1.82, 2.24) is 30.9 Å². The molecule has 0 fully saturated rings. The molecule has 8 N–H and O–H groups in total. The smallest absolute Gasteiger partial charge is 0.326 e. The number of carboxylic acid groups (broad SMARTS) is 1. The summed E-state index contributed by atoms with van der Waals surface area (Å²) in [6, 6.07) is 4.49. The highest BCUT2D eigenvalue weighted by atomic mass is 16.4. The first-order chi connectivity index (χ1) is 16.2. The van der Waals surface area contributed by atoms with Gasteiger partial charge in [0.25, 0.3) is 0 Å². The van der Waals surface area contributed by atoms with Crippen LogP contribution >= 0.6 is 0 Å². The van der Waals surface area contributed by atoms with Crippen molar-refractivity contribution in [2.24, 2.45) is 5.73 Å². The number of hydrogen-bond acceptors (Lipinski definition) is 6. The number of carbonyl (C=O) groups excluding carboxylic acids is 3. The van der Waals surface area contributed by atoms with Crippen LogP contribution in [0.5, 0.6) is 0 Å². The molecule has 0 spiro atoms. The molecule has 0 radical (unpaired) electrons. The number of rotatable bonds is 11. The number of fused-ring (bicyclic) bond motifs is 1. The summed E-state index contributed by atoms with van der Waals surface area (Å²) in [5.74, 6) is -3.04. The van der Waals surface area contributed by atoms with Crippen LogP contribution in [0.15, 0.2) is 43.0 Å². The van der Waals surface area contributed by atoms with Gasteiger partial charge in [-0.25, -0.2) is 9.78 Å². The predicted molar refractivity (Wildman–Crippen MR) is 122 cm³/mol. The highest BCUT2D eigenvalue weighted by molar-refractivity contribution is 5.93. The van der Waals surface area contributed by atoms with E-state index in [1.807, 2.05) is 24.3 Å². The highest BCUT2D eigenvalue weighted by Gasteiger charge is 2.25. The molecule has 1 aromatic carbocycles. The Kier molecular flexibility index (Phi) is 7.98. The molecule has 2 aromatic heterocycles. The van der Waals surface area contributed by atoms with Gasteiger partial charge >= 0.3 is 5.97 Å². The number of nitrogens with zero attached hydrogens (tertiary/aromatic N) is 1. The Morgan fingerprint density at radius 1 is 1.06 bits per heavy atom. The Balaban J connectivity index is 1.64. The molecule has 0 saturated heterocycles. The van der Waals surface area contributed by atoms with Gasteiger partial charge in [0.15, 0.2) is 0 Å². The Bertz CT molecular complexity index is 1160. The summed E-state index contributed by atoms with van der Waals surface area (Å²) in [6.45, 7) is 1.03. The third kappa shape index (κ3) is 6.42. The minimum atomic E-state index is -1.23. The Morgan fingerprint density at radius 2 is 1.82 bits per heavy atom. The van der Waals surface area contributed by atoms with E-state index >= 15 is 0 Å². The van der Waals surface area contributed by atoms with Crippen LogP contribution in [0.1, 0.15) is 18.2 Å². The molecule has 3 amide bonds. The lowest BCUT2D eigenvalue weighted by atomic mass is 10.0. The van der Waals surface area contributed by atoms with Crippen LogP contribution in [0.3, 0.4) is 0 Å². The molecule has 0 aliphatic carbocycles. The quantitative estimate of drug-likeness (QED) is 0.191. The second-order valence-corrected chi connectivity index (χ2v) is 7.87. The number of hydrogen-bond donors (Lipinski definition) is 7. The molecule has 3 atom stereocenters. The van der Waals surface area contributed by atoms with E-state index in [4.69, 9.17) is 5.73 Å². The van der Waals surface area contributed by atoms with E-state index in [1.165, 1.54) is 19.4 Å². The lowest BCUT2D eigenvalue weighted by Crippen LogP contribution is -2.54. The van der Waals surface area contributed by atoms with Crippen LogP contribution in [0.25, 0.3) is 10.9 Å². The Labute approximate surface area is 194 Å². The molecule has 0 aliphatic heterocycles. The number of nitrogens with two attached hydrogens (primary N) is 1. The number of para-hydroxylation sites is 1. The molecule has 180 valence electrons. The number of aliphatic carboxylic acids is 1. The van der Waals surface area contributed by atoms with E-state index in [2.05, 4.69) is 30.9 Å². The number of amides is 3. The molecule has 0 aliphatic rings.